The van der Waals surface area contributed by atoms with Gasteiger partial charge < -0.3 is 59.8 Å². The second-order valence-corrected chi connectivity index (χ2v) is 20.2. The summed E-state index contributed by atoms with van der Waals surface area (Å²) in [5.41, 5.74) is 1.04. The van der Waals surface area contributed by atoms with Crippen LogP contribution < -0.4 is 0 Å². The molecule has 54 heavy (non-hydrogen) atoms. The number of hydrogen-bond acceptors (Lipinski definition) is 12. The van der Waals surface area contributed by atoms with Gasteiger partial charge in [0.05, 0.1) is 25.9 Å². The molecule has 12 heteroatoms. The van der Waals surface area contributed by atoms with E-state index in [4.69, 9.17) is 18.9 Å². The SMILES string of the molecule is C=C(C)[C@@H]1CC[C@]2(CO[C@H]3O[C@H](CO)[C@H](O)[C@@H](O)[C@@H]3O)CC[C@]3(C)[C@H](CC[C@@H]4[C@@]5(C)CC[C@H](O[C@H]6O[C@H](CO)[C@H](O)[C@@H](O)[C@@H]6O)C(C)(C)[C@@H]5CC[C@]43C)[C@@H]12. The second kappa shape index (κ2) is 14.5. The summed E-state index contributed by atoms with van der Waals surface area (Å²) in [6.45, 7) is 18.3. The maximum absolute atomic E-state index is 10.8. The van der Waals surface area contributed by atoms with Gasteiger partial charge in [-0.3, -0.25) is 0 Å². The van der Waals surface area contributed by atoms with Crippen LogP contribution in [0.4, 0.5) is 0 Å². The van der Waals surface area contributed by atoms with Crippen molar-refractivity contribution in [3.05, 3.63) is 12.2 Å². The lowest BCUT2D eigenvalue weighted by Gasteiger charge is -2.73. The highest BCUT2D eigenvalue weighted by Crippen LogP contribution is 2.77. The summed E-state index contributed by atoms with van der Waals surface area (Å²) < 4.78 is 24.5. The van der Waals surface area contributed by atoms with Crippen molar-refractivity contribution >= 4 is 0 Å². The lowest BCUT2D eigenvalue weighted by molar-refractivity contribution is -0.332. The summed E-state index contributed by atoms with van der Waals surface area (Å²) in [5.74, 6) is 2.01. The monoisotopic (exact) mass is 766 g/mol. The lowest BCUT2D eigenvalue weighted by Crippen LogP contribution is -2.67. The predicted octanol–water partition coefficient (Wildman–Crippen LogP) is 2.65. The quantitative estimate of drug-likeness (QED) is 0.133. The molecule has 5 saturated carbocycles. The molecule has 7 fully saturated rings. The maximum atomic E-state index is 10.8. The fraction of sp³-hybridized carbons (Fsp3) is 0.952. The van der Waals surface area contributed by atoms with E-state index in [1.807, 2.05) is 0 Å². The van der Waals surface area contributed by atoms with Gasteiger partial charge in [-0.05, 0) is 128 Å². The Morgan fingerprint density at radius 3 is 1.87 bits per heavy atom. The highest BCUT2D eigenvalue weighted by atomic mass is 16.7. The Balaban J connectivity index is 1.11. The average molecular weight is 767 g/mol. The second-order valence-electron chi connectivity index (χ2n) is 20.2. The number of allylic oxidation sites excluding steroid dienone is 1. The summed E-state index contributed by atoms with van der Waals surface area (Å²) >= 11 is 0. The number of ether oxygens (including phenoxy) is 4. The molecule has 310 valence electrons. The first-order valence-electron chi connectivity index (χ1n) is 20.8. The van der Waals surface area contributed by atoms with E-state index in [0.29, 0.717) is 36.2 Å². The van der Waals surface area contributed by atoms with Gasteiger partial charge in [-0.15, -0.1) is 0 Å². The molecule has 0 bridgehead atoms. The van der Waals surface area contributed by atoms with Crippen LogP contribution in [0.25, 0.3) is 0 Å². The first-order valence-corrected chi connectivity index (χ1v) is 20.8. The van der Waals surface area contributed by atoms with Crippen molar-refractivity contribution in [2.45, 2.75) is 173 Å². The normalized spacial score (nSPS) is 55.6. The van der Waals surface area contributed by atoms with E-state index in [9.17, 15) is 40.9 Å². The van der Waals surface area contributed by atoms with Gasteiger partial charge in [-0.1, -0.05) is 46.8 Å². The molecule has 0 aromatic heterocycles. The van der Waals surface area contributed by atoms with Crippen LogP contribution in [0.3, 0.4) is 0 Å². The topological polar surface area (TPSA) is 199 Å². The third kappa shape index (κ3) is 6.05. The largest absolute Gasteiger partial charge is 0.394 e. The van der Waals surface area contributed by atoms with Gasteiger partial charge in [-0.2, -0.15) is 0 Å². The van der Waals surface area contributed by atoms with Gasteiger partial charge in [-0.25, -0.2) is 0 Å². The first kappa shape index (κ1) is 41.4. The fourth-order valence-corrected chi connectivity index (χ4v) is 14.5. The first-order chi connectivity index (χ1) is 25.3. The summed E-state index contributed by atoms with van der Waals surface area (Å²) in [6.07, 6.45) is -2.95. The Morgan fingerprint density at radius 2 is 1.26 bits per heavy atom. The van der Waals surface area contributed by atoms with Crippen molar-refractivity contribution in [1.29, 1.82) is 0 Å². The Kier molecular flexibility index (Phi) is 11.1. The number of hydrogen-bond donors (Lipinski definition) is 8. The average Bonchev–Trinajstić information content (AvgIpc) is 3.52. The van der Waals surface area contributed by atoms with E-state index in [0.717, 1.165) is 64.2 Å². The molecule has 2 aliphatic heterocycles. The molecule has 0 radical (unpaired) electrons. The Labute approximate surface area is 321 Å². The van der Waals surface area contributed by atoms with Crippen molar-refractivity contribution in [2.24, 2.45) is 56.7 Å². The zero-order valence-electron chi connectivity index (χ0n) is 33.3. The zero-order chi connectivity index (χ0) is 39.3. The van der Waals surface area contributed by atoms with Gasteiger partial charge in [0, 0.05) is 0 Å². The van der Waals surface area contributed by atoms with Gasteiger partial charge in [0.25, 0.3) is 0 Å². The minimum absolute atomic E-state index is 0.0594. The minimum Gasteiger partial charge on any atom is -0.394 e. The van der Waals surface area contributed by atoms with Crippen LogP contribution in [-0.2, 0) is 18.9 Å². The van der Waals surface area contributed by atoms with Crippen LogP contribution in [0, 0.1) is 56.7 Å². The van der Waals surface area contributed by atoms with Crippen molar-refractivity contribution in [1.82, 2.24) is 0 Å². The van der Waals surface area contributed by atoms with Gasteiger partial charge in [0.2, 0.25) is 0 Å². The van der Waals surface area contributed by atoms with Crippen LogP contribution in [0.5, 0.6) is 0 Å². The van der Waals surface area contributed by atoms with Crippen LogP contribution in [0.15, 0.2) is 12.2 Å². The third-order valence-electron chi connectivity index (χ3n) is 17.7. The van der Waals surface area contributed by atoms with E-state index >= 15 is 0 Å². The summed E-state index contributed by atoms with van der Waals surface area (Å²) in [7, 11) is 0. The van der Waals surface area contributed by atoms with Crippen LogP contribution in [-0.4, -0.2) is 128 Å². The molecule has 8 N–H and O–H groups in total. The van der Waals surface area contributed by atoms with E-state index in [1.54, 1.807) is 0 Å². The van der Waals surface area contributed by atoms with Crippen molar-refractivity contribution in [2.75, 3.05) is 19.8 Å². The molecule has 20 atom stereocenters. The molecule has 7 aliphatic rings. The van der Waals surface area contributed by atoms with Crippen LogP contribution in [0.1, 0.15) is 106 Å². The Morgan fingerprint density at radius 1 is 0.648 bits per heavy atom. The van der Waals surface area contributed by atoms with E-state index < -0.39 is 74.6 Å². The molecule has 12 nitrogen and oxygen atoms in total. The van der Waals surface area contributed by atoms with E-state index in [1.165, 1.54) is 5.57 Å². The van der Waals surface area contributed by atoms with Crippen LogP contribution in [0.2, 0.25) is 0 Å². The summed E-state index contributed by atoms with van der Waals surface area (Å²) in [4.78, 5) is 0. The molecular formula is C42H70O12. The van der Waals surface area contributed by atoms with E-state index in [-0.39, 0.29) is 33.2 Å². The maximum Gasteiger partial charge on any atom is 0.186 e. The van der Waals surface area contributed by atoms with Gasteiger partial charge in [0.1, 0.15) is 48.8 Å². The predicted molar refractivity (Wildman–Crippen MR) is 197 cm³/mol. The van der Waals surface area contributed by atoms with Gasteiger partial charge in [0.15, 0.2) is 12.6 Å². The standard InChI is InChI=1S/C42H70O12/c1-21(2)22-10-15-42(20-51-36-34(49)32(47)30(45)24(18-43)52-36)17-16-40(6)23(29(22)42)8-9-27-39(5)13-12-28(38(3,4)26(39)11-14-41(27,40)7)54-37-35(50)33(48)31(46)25(19-44)53-37/h22-37,43-50H,1,8-20H2,2-7H3/t22-,23+,24+,25+,26-,27+,28-,29+,30-,31-,32+,33+,34-,35-,36-,37+,39-,40+,41+,42+/m0/s1. The molecule has 0 unspecified atom stereocenters. The molecule has 2 saturated heterocycles. The number of rotatable bonds is 8. The molecule has 0 aromatic rings. The Hall–Kier alpha value is -0.740. The molecule has 0 aromatic carbocycles. The summed E-state index contributed by atoms with van der Waals surface area (Å²) in [6, 6.07) is 0. The number of aliphatic hydroxyl groups is 8. The number of fused-ring (bicyclic) bond motifs is 7. The minimum atomic E-state index is -1.47. The highest BCUT2D eigenvalue weighted by molar-refractivity contribution is 5.22. The highest BCUT2D eigenvalue weighted by Gasteiger charge is 2.71. The smallest absolute Gasteiger partial charge is 0.186 e. The molecule has 5 aliphatic carbocycles. The molecule has 7 rings (SSSR count). The zero-order valence-corrected chi connectivity index (χ0v) is 33.3. The van der Waals surface area contributed by atoms with Crippen molar-refractivity contribution in [3.63, 3.8) is 0 Å². The van der Waals surface area contributed by atoms with Gasteiger partial charge >= 0.3 is 0 Å². The number of aliphatic hydroxyl groups excluding tert-OH is 8. The van der Waals surface area contributed by atoms with Crippen molar-refractivity contribution in [3.8, 4) is 0 Å². The van der Waals surface area contributed by atoms with Crippen molar-refractivity contribution < 1.29 is 59.8 Å². The Bertz CT molecular complexity index is 1370. The molecule has 0 spiro atoms. The lowest BCUT2D eigenvalue weighted by atomic mass is 9.32. The molecule has 2 heterocycles. The van der Waals surface area contributed by atoms with Crippen LogP contribution >= 0.6 is 0 Å². The van der Waals surface area contributed by atoms with E-state index in [2.05, 4.69) is 48.1 Å². The third-order valence-corrected chi connectivity index (χ3v) is 17.7. The molecule has 0 amide bonds. The fourth-order valence-electron chi connectivity index (χ4n) is 14.5. The molecular weight excluding hydrogens is 696 g/mol. The summed E-state index contributed by atoms with van der Waals surface area (Å²) in [5, 5.41) is 82.8.